The second kappa shape index (κ2) is 6.41. The van der Waals surface area contributed by atoms with Crippen molar-refractivity contribution in [2.45, 2.75) is 36.5 Å². The molecule has 0 aromatic heterocycles. The quantitative estimate of drug-likeness (QED) is 0.610. The largest absolute Gasteiger partial charge is 0.460 e. The van der Waals surface area contributed by atoms with Crippen LogP contribution in [-0.2, 0) is 4.74 Å². The number of rotatable bonds is 6. The molecular formula is C13H10F10O. The Morgan fingerprint density at radius 2 is 1.29 bits per heavy atom. The molecule has 0 spiro atoms. The fourth-order valence-electron chi connectivity index (χ4n) is 1.78. The highest BCUT2D eigenvalue weighted by molar-refractivity contribution is 5.19. The molecule has 0 fully saturated rings. The summed E-state index contributed by atoms with van der Waals surface area (Å²) >= 11 is 0. The van der Waals surface area contributed by atoms with Crippen LogP contribution in [0.4, 0.5) is 43.9 Å². The third kappa shape index (κ3) is 3.60. The van der Waals surface area contributed by atoms with E-state index in [1.165, 1.54) is 0 Å². The first-order chi connectivity index (χ1) is 10.7. The Bertz CT molecular complexity index is 549. The van der Waals surface area contributed by atoms with Crippen LogP contribution in [0.1, 0.15) is 18.1 Å². The zero-order valence-corrected chi connectivity index (χ0v) is 11.8. The molecule has 0 bridgehead atoms. The van der Waals surface area contributed by atoms with Gasteiger partial charge in [-0.25, -0.2) is 4.39 Å². The van der Waals surface area contributed by atoms with Crippen molar-refractivity contribution in [3.63, 3.8) is 0 Å². The zero-order valence-electron chi connectivity index (χ0n) is 11.8. The summed E-state index contributed by atoms with van der Waals surface area (Å²) in [6.07, 6.45) is -11.0. The maximum Gasteiger partial charge on any atom is 0.460 e. The number of hydrogen-bond donors (Lipinski definition) is 0. The Morgan fingerprint density at radius 3 is 1.67 bits per heavy atom. The summed E-state index contributed by atoms with van der Waals surface area (Å²) in [6, 6.07) is 3.20. The molecule has 0 aliphatic heterocycles. The molecule has 1 aromatic carbocycles. The first-order valence-corrected chi connectivity index (χ1v) is 6.16. The molecule has 1 rings (SSSR count). The van der Waals surface area contributed by atoms with E-state index in [-0.39, 0.29) is 5.56 Å². The maximum absolute atomic E-state index is 13.5. The molecule has 1 unspecified atom stereocenters. The lowest BCUT2D eigenvalue weighted by Crippen LogP contribution is -2.61. The third-order valence-corrected chi connectivity index (χ3v) is 3.18. The van der Waals surface area contributed by atoms with Crippen LogP contribution in [0.2, 0.25) is 0 Å². The zero-order chi connectivity index (χ0) is 19.0. The van der Waals surface area contributed by atoms with Crippen molar-refractivity contribution in [3.8, 4) is 0 Å². The van der Waals surface area contributed by atoms with E-state index < -0.39 is 42.3 Å². The van der Waals surface area contributed by atoms with Crippen LogP contribution in [0.25, 0.3) is 0 Å². The molecular weight excluding hydrogens is 362 g/mol. The van der Waals surface area contributed by atoms with E-state index >= 15 is 0 Å². The van der Waals surface area contributed by atoms with Gasteiger partial charge in [-0.2, -0.15) is 39.5 Å². The molecule has 0 radical (unpaired) electrons. The number of benzene rings is 1. The van der Waals surface area contributed by atoms with Crippen LogP contribution in [0.5, 0.6) is 0 Å². The molecule has 0 aliphatic rings. The molecule has 0 saturated heterocycles. The van der Waals surface area contributed by atoms with Gasteiger partial charge < -0.3 is 4.74 Å². The number of alkyl halides is 9. The standard InChI is InChI=1S/C13H10F10O/c1-24-9(7-2-4-8(14)5-3-7)6-10(15,16)11(17,18)12(19,20)13(21,22)23/h2-5,9H,6H2,1H3. The highest BCUT2D eigenvalue weighted by Gasteiger charge is 2.81. The molecule has 1 atom stereocenters. The Labute approximate surface area is 129 Å². The minimum absolute atomic E-state index is 0.301. The topological polar surface area (TPSA) is 9.23 Å². The predicted octanol–water partition coefficient (Wildman–Crippen LogP) is 5.37. The summed E-state index contributed by atoms with van der Waals surface area (Å²) < 4.78 is 132. The lowest BCUT2D eigenvalue weighted by atomic mass is 9.95. The number of ether oxygens (including phenoxy) is 1. The van der Waals surface area contributed by atoms with Crippen molar-refractivity contribution in [3.05, 3.63) is 35.6 Å². The summed E-state index contributed by atoms with van der Waals surface area (Å²) in [4.78, 5) is 0. The number of halogens is 10. The first-order valence-electron chi connectivity index (χ1n) is 6.16. The molecule has 0 N–H and O–H groups in total. The van der Waals surface area contributed by atoms with Gasteiger partial charge in [-0.15, -0.1) is 0 Å². The van der Waals surface area contributed by atoms with Gasteiger partial charge in [0, 0.05) is 13.5 Å². The fourth-order valence-corrected chi connectivity index (χ4v) is 1.78. The molecule has 0 aliphatic carbocycles. The van der Waals surface area contributed by atoms with Crippen molar-refractivity contribution >= 4 is 0 Å². The van der Waals surface area contributed by atoms with E-state index in [1.807, 2.05) is 0 Å². The minimum atomic E-state index is -6.95. The molecule has 1 aromatic rings. The van der Waals surface area contributed by atoms with Gasteiger partial charge in [0.05, 0.1) is 6.10 Å². The van der Waals surface area contributed by atoms with Gasteiger partial charge in [-0.3, -0.25) is 0 Å². The Balaban J connectivity index is 3.15. The molecule has 24 heavy (non-hydrogen) atoms. The highest BCUT2D eigenvalue weighted by atomic mass is 19.4. The Hall–Kier alpha value is -1.52. The van der Waals surface area contributed by atoms with E-state index in [9.17, 15) is 43.9 Å². The first kappa shape index (κ1) is 20.5. The third-order valence-electron chi connectivity index (χ3n) is 3.18. The average molecular weight is 372 g/mol. The van der Waals surface area contributed by atoms with Crippen molar-refractivity contribution < 1.29 is 48.6 Å². The number of hydrogen-bond acceptors (Lipinski definition) is 1. The molecule has 11 heteroatoms. The van der Waals surface area contributed by atoms with Crippen LogP contribution < -0.4 is 0 Å². The molecule has 0 amide bonds. The lowest BCUT2D eigenvalue weighted by molar-refractivity contribution is -0.398. The summed E-state index contributed by atoms with van der Waals surface area (Å²) in [5.74, 6) is -20.2. The Morgan fingerprint density at radius 1 is 0.833 bits per heavy atom. The van der Waals surface area contributed by atoms with E-state index in [4.69, 9.17) is 0 Å². The van der Waals surface area contributed by atoms with Gasteiger partial charge in [0.15, 0.2) is 0 Å². The average Bonchev–Trinajstić information content (AvgIpc) is 2.44. The normalized spacial score (nSPS) is 15.5. The van der Waals surface area contributed by atoms with E-state index in [0.29, 0.717) is 0 Å². The molecule has 0 saturated carbocycles. The smallest absolute Gasteiger partial charge is 0.377 e. The molecule has 138 valence electrons. The van der Waals surface area contributed by atoms with Gasteiger partial charge in [-0.05, 0) is 17.7 Å². The summed E-state index contributed by atoms with van der Waals surface area (Å²) in [5.41, 5.74) is -0.301. The summed E-state index contributed by atoms with van der Waals surface area (Å²) in [6.45, 7) is 0. The highest BCUT2D eigenvalue weighted by Crippen LogP contribution is 2.55. The van der Waals surface area contributed by atoms with Gasteiger partial charge in [-0.1, -0.05) is 12.1 Å². The lowest BCUT2D eigenvalue weighted by Gasteiger charge is -2.35. The second-order valence-corrected chi connectivity index (χ2v) is 4.83. The van der Waals surface area contributed by atoms with Crippen molar-refractivity contribution in [2.75, 3.05) is 7.11 Å². The van der Waals surface area contributed by atoms with Gasteiger partial charge in [0.2, 0.25) is 0 Å². The van der Waals surface area contributed by atoms with Crippen LogP contribution in [0.3, 0.4) is 0 Å². The molecule has 0 heterocycles. The van der Waals surface area contributed by atoms with E-state index in [1.54, 1.807) is 0 Å². The van der Waals surface area contributed by atoms with E-state index in [2.05, 4.69) is 4.74 Å². The monoisotopic (exact) mass is 372 g/mol. The van der Waals surface area contributed by atoms with Gasteiger partial charge in [0.1, 0.15) is 5.82 Å². The predicted molar refractivity (Wildman–Crippen MR) is 61.7 cm³/mol. The fraction of sp³-hybridized carbons (Fsp3) is 0.538. The van der Waals surface area contributed by atoms with Gasteiger partial charge >= 0.3 is 23.9 Å². The Kier molecular flexibility index (Phi) is 5.48. The number of methoxy groups -OCH3 is 1. The summed E-state index contributed by atoms with van der Waals surface area (Å²) in [5, 5.41) is 0. The van der Waals surface area contributed by atoms with Crippen LogP contribution in [0.15, 0.2) is 24.3 Å². The van der Waals surface area contributed by atoms with Crippen LogP contribution >= 0.6 is 0 Å². The van der Waals surface area contributed by atoms with E-state index in [0.717, 1.165) is 31.4 Å². The van der Waals surface area contributed by atoms with Crippen LogP contribution in [0, 0.1) is 5.82 Å². The van der Waals surface area contributed by atoms with Crippen molar-refractivity contribution in [1.82, 2.24) is 0 Å². The second-order valence-electron chi connectivity index (χ2n) is 4.83. The van der Waals surface area contributed by atoms with Crippen LogP contribution in [-0.4, -0.2) is 31.1 Å². The molecule has 1 nitrogen and oxygen atoms in total. The minimum Gasteiger partial charge on any atom is -0.377 e. The SMILES string of the molecule is COC(CC(F)(F)C(F)(F)C(F)(F)C(F)(F)F)c1ccc(F)cc1. The van der Waals surface area contributed by atoms with Crippen molar-refractivity contribution in [2.24, 2.45) is 0 Å². The van der Waals surface area contributed by atoms with Crippen molar-refractivity contribution in [1.29, 1.82) is 0 Å². The maximum atomic E-state index is 13.5. The van der Waals surface area contributed by atoms with Gasteiger partial charge in [0.25, 0.3) is 0 Å². The summed E-state index contributed by atoms with van der Waals surface area (Å²) in [7, 11) is 0.754.